The Kier molecular flexibility index (Phi) is 7.04. The number of carbonyl (C=O) groups is 3. The van der Waals surface area contributed by atoms with E-state index in [0.29, 0.717) is 18.4 Å². The number of carbonyl (C=O) groups excluding carboxylic acids is 3. The van der Waals surface area contributed by atoms with Gasteiger partial charge >= 0.3 is 17.9 Å². The molecule has 3 rings (SSSR count). The van der Waals surface area contributed by atoms with Gasteiger partial charge in [-0.3, -0.25) is 9.59 Å². The molecule has 0 aromatic rings. The summed E-state index contributed by atoms with van der Waals surface area (Å²) in [6.07, 6.45) is 6.35. The van der Waals surface area contributed by atoms with Gasteiger partial charge in [0.25, 0.3) is 0 Å². The Morgan fingerprint density at radius 2 is 1.94 bits per heavy atom. The van der Waals surface area contributed by atoms with Crippen molar-refractivity contribution >= 4 is 17.9 Å². The van der Waals surface area contributed by atoms with E-state index in [1.54, 1.807) is 0 Å². The highest BCUT2D eigenvalue weighted by Crippen LogP contribution is 2.48. The van der Waals surface area contributed by atoms with Crippen LogP contribution in [0.3, 0.4) is 0 Å². The molecule has 3 aliphatic rings. The highest BCUT2D eigenvalue weighted by atomic mass is 16.6. The largest absolute Gasteiger partial charge is 0.463 e. The van der Waals surface area contributed by atoms with Crippen molar-refractivity contribution in [3.8, 4) is 0 Å². The van der Waals surface area contributed by atoms with Crippen LogP contribution in [0.25, 0.3) is 0 Å². The van der Waals surface area contributed by atoms with Gasteiger partial charge in [0.05, 0.1) is 6.10 Å². The van der Waals surface area contributed by atoms with E-state index >= 15 is 0 Å². The van der Waals surface area contributed by atoms with Crippen LogP contribution in [0.1, 0.15) is 59.8 Å². The molecule has 2 fully saturated rings. The molecule has 31 heavy (non-hydrogen) atoms. The van der Waals surface area contributed by atoms with Crippen LogP contribution in [0.5, 0.6) is 0 Å². The average Bonchev–Trinajstić information content (AvgIpc) is 3.30. The lowest BCUT2D eigenvalue weighted by Crippen LogP contribution is -2.37. The predicted octanol–water partition coefficient (Wildman–Crippen LogP) is 3.57. The van der Waals surface area contributed by atoms with Crippen molar-refractivity contribution in [3.05, 3.63) is 35.5 Å². The van der Waals surface area contributed by atoms with Crippen LogP contribution in [0.2, 0.25) is 0 Å². The molecule has 0 saturated carbocycles. The molecule has 2 heterocycles. The SMILES string of the molecule is C=C1C(=O)O[C@@H]2[C@@H]1C[C@H]1O[C@]1(COC(C)=O)CC/C=C(\C)CC/C=C(\C)[C@@H]2OC(C)=O. The third-order valence-electron chi connectivity index (χ3n) is 6.35. The molecular weight excluding hydrogens is 400 g/mol. The molecule has 1 aliphatic carbocycles. The highest BCUT2D eigenvalue weighted by molar-refractivity contribution is 5.91. The number of fused-ring (bicyclic) bond motifs is 2. The number of rotatable bonds is 3. The van der Waals surface area contributed by atoms with Gasteiger partial charge in [-0.1, -0.05) is 24.3 Å². The van der Waals surface area contributed by atoms with Crippen LogP contribution >= 0.6 is 0 Å². The van der Waals surface area contributed by atoms with Crippen LogP contribution in [-0.2, 0) is 33.3 Å². The van der Waals surface area contributed by atoms with Crippen molar-refractivity contribution in [2.45, 2.75) is 83.7 Å². The first-order valence-corrected chi connectivity index (χ1v) is 10.8. The van der Waals surface area contributed by atoms with Crippen molar-refractivity contribution in [2.24, 2.45) is 5.92 Å². The van der Waals surface area contributed by atoms with E-state index in [1.807, 2.05) is 13.0 Å². The van der Waals surface area contributed by atoms with Crippen molar-refractivity contribution < 1.29 is 33.3 Å². The Morgan fingerprint density at radius 3 is 2.61 bits per heavy atom. The molecule has 170 valence electrons. The molecule has 0 amide bonds. The Balaban J connectivity index is 1.92. The summed E-state index contributed by atoms with van der Waals surface area (Å²) in [6, 6.07) is 0. The van der Waals surface area contributed by atoms with Crippen molar-refractivity contribution in [1.29, 1.82) is 0 Å². The molecule has 2 saturated heterocycles. The lowest BCUT2D eigenvalue weighted by molar-refractivity contribution is -0.157. The summed E-state index contributed by atoms with van der Waals surface area (Å²) in [7, 11) is 0. The Bertz CT molecular complexity index is 824. The molecule has 0 unspecified atom stereocenters. The van der Waals surface area contributed by atoms with E-state index in [2.05, 4.69) is 19.6 Å². The first-order valence-electron chi connectivity index (χ1n) is 10.8. The summed E-state index contributed by atoms with van der Waals surface area (Å²) in [4.78, 5) is 35.6. The van der Waals surface area contributed by atoms with Crippen LogP contribution in [0, 0.1) is 5.92 Å². The number of epoxide rings is 1. The van der Waals surface area contributed by atoms with Gasteiger partial charge in [-0.05, 0) is 51.5 Å². The van der Waals surface area contributed by atoms with Gasteiger partial charge in [-0.25, -0.2) is 4.79 Å². The summed E-state index contributed by atoms with van der Waals surface area (Å²) >= 11 is 0. The molecule has 0 bridgehead atoms. The smallest absolute Gasteiger partial charge is 0.334 e. The van der Waals surface area contributed by atoms with Gasteiger partial charge < -0.3 is 18.9 Å². The van der Waals surface area contributed by atoms with E-state index < -0.39 is 29.7 Å². The second-order valence-electron chi connectivity index (χ2n) is 8.79. The average molecular weight is 433 g/mol. The number of esters is 3. The van der Waals surface area contributed by atoms with Crippen molar-refractivity contribution in [1.82, 2.24) is 0 Å². The summed E-state index contributed by atoms with van der Waals surface area (Å²) in [6.45, 7) is 10.8. The van der Waals surface area contributed by atoms with Crippen molar-refractivity contribution in [2.75, 3.05) is 6.61 Å². The van der Waals surface area contributed by atoms with E-state index in [1.165, 1.54) is 19.4 Å². The molecule has 2 aliphatic heterocycles. The number of allylic oxidation sites excluding steroid dienone is 3. The minimum absolute atomic E-state index is 0.171. The van der Waals surface area contributed by atoms with Gasteiger partial charge in [-0.2, -0.15) is 0 Å². The highest BCUT2D eigenvalue weighted by Gasteiger charge is 2.59. The van der Waals surface area contributed by atoms with Crippen LogP contribution in [-0.4, -0.2) is 48.4 Å². The van der Waals surface area contributed by atoms with Crippen LogP contribution in [0.4, 0.5) is 0 Å². The standard InChI is InChI=1S/C24H32O7/c1-14-8-6-10-15(2)21(29-18(5)26)22-19(16(3)23(27)30-22)12-20-24(31-20,11-7-9-14)13-28-17(4)25/h9-10,19-22H,3,6-8,11-13H2,1-2,4-5H3/b14-9+,15-10+/t19-,20-,21+,22-,24+/m1/s1. The maximum Gasteiger partial charge on any atom is 0.334 e. The fraction of sp³-hybridized carbons (Fsp3) is 0.625. The van der Waals surface area contributed by atoms with Gasteiger partial charge in [0.15, 0.2) is 6.10 Å². The second-order valence-corrected chi connectivity index (χ2v) is 8.79. The molecule has 0 aromatic heterocycles. The number of hydrogen-bond acceptors (Lipinski definition) is 7. The molecule has 7 heteroatoms. The lowest BCUT2D eigenvalue weighted by atomic mass is 9.83. The molecule has 0 radical (unpaired) electrons. The minimum Gasteiger partial charge on any atom is -0.463 e. The Morgan fingerprint density at radius 1 is 1.19 bits per heavy atom. The van der Waals surface area contributed by atoms with Gasteiger partial charge in [-0.15, -0.1) is 0 Å². The fourth-order valence-electron chi connectivity index (χ4n) is 4.47. The second kappa shape index (κ2) is 9.39. The summed E-state index contributed by atoms with van der Waals surface area (Å²) in [5.74, 6) is -1.63. The zero-order chi connectivity index (χ0) is 22.8. The van der Waals surface area contributed by atoms with E-state index in [-0.39, 0.29) is 24.6 Å². The van der Waals surface area contributed by atoms with Crippen LogP contribution in [0.15, 0.2) is 35.5 Å². The normalized spacial score (nSPS) is 37.0. The third-order valence-corrected chi connectivity index (χ3v) is 6.35. The van der Waals surface area contributed by atoms with E-state index in [0.717, 1.165) is 24.8 Å². The predicted molar refractivity (Wildman–Crippen MR) is 113 cm³/mol. The monoisotopic (exact) mass is 432 g/mol. The summed E-state index contributed by atoms with van der Waals surface area (Å²) < 4.78 is 22.6. The molecular formula is C24H32O7. The first-order chi connectivity index (χ1) is 14.6. The van der Waals surface area contributed by atoms with Crippen molar-refractivity contribution in [3.63, 3.8) is 0 Å². The van der Waals surface area contributed by atoms with Gasteiger partial charge in [0, 0.05) is 25.3 Å². The number of ether oxygens (including phenoxy) is 4. The van der Waals surface area contributed by atoms with E-state index in [9.17, 15) is 14.4 Å². The lowest BCUT2D eigenvalue weighted by Gasteiger charge is -2.27. The first kappa shape index (κ1) is 23.3. The zero-order valence-electron chi connectivity index (χ0n) is 18.8. The van der Waals surface area contributed by atoms with Gasteiger partial charge in [0.2, 0.25) is 0 Å². The molecule has 5 atom stereocenters. The molecule has 7 nitrogen and oxygen atoms in total. The molecule has 0 aromatic carbocycles. The fourth-order valence-corrected chi connectivity index (χ4v) is 4.47. The Labute approximate surface area is 183 Å². The molecule has 0 spiro atoms. The van der Waals surface area contributed by atoms with Crippen LogP contribution < -0.4 is 0 Å². The maximum atomic E-state index is 12.4. The maximum absolute atomic E-state index is 12.4. The Hall–Kier alpha value is -2.41. The topological polar surface area (TPSA) is 91.4 Å². The van der Waals surface area contributed by atoms with E-state index in [4.69, 9.17) is 18.9 Å². The summed E-state index contributed by atoms with van der Waals surface area (Å²) in [5, 5.41) is 0. The zero-order valence-corrected chi connectivity index (χ0v) is 18.8. The molecule has 0 N–H and O–H groups in total. The summed E-state index contributed by atoms with van der Waals surface area (Å²) in [5.41, 5.74) is 1.88. The number of hydrogen-bond donors (Lipinski definition) is 0. The third kappa shape index (κ3) is 5.45. The van der Waals surface area contributed by atoms with Gasteiger partial charge in [0.1, 0.15) is 18.3 Å². The quantitative estimate of drug-likeness (QED) is 0.221. The minimum atomic E-state index is -0.681.